The van der Waals surface area contributed by atoms with E-state index >= 15 is 0 Å². The lowest BCUT2D eigenvalue weighted by Gasteiger charge is -2.17. The molecule has 1 atom stereocenters. The highest BCUT2D eigenvalue weighted by molar-refractivity contribution is 7.80. The highest BCUT2D eigenvalue weighted by Crippen LogP contribution is 2.34. The Morgan fingerprint density at radius 3 is 2.57 bits per heavy atom. The standard InChI is InChI=1S/C27H25FN4O4S/c1-29-26(34)19-14-18-21(15-24(19)35-2)30-11-10-22(18)36-23-9-8-17(13-20(23)28)31-27(37)32-25(33)12-16-6-4-3-5-7-16/h3-11,13-15,25,33H,12H2,1-2H3,(H,29,34)(H2,31,32,37). The van der Waals surface area contributed by atoms with E-state index in [4.69, 9.17) is 21.7 Å². The fourth-order valence-electron chi connectivity index (χ4n) is 3.71. The van der Waals surface area contributed by atoms with E-state index in [1.807, 2.05) is 30.3 Å². The van der Waals surface area contributed by atoms with Crippen LogP contribution in [-0.4, -0.2) is 41.5 Å². The first-order chi connectivity index (χ1) is 17.9. The topological polar surface area (TPSA) is 105 Å². The molecule has 8 nitrogen and oxygen atoms in total. The third-order valence-corrected chi connectivity index (χ3v) is 5.69. The van der Waals surface area contributed by atoms with Crippen molar-refractivity contribution in [1.29, 1.82) is 0 Å². The summed E-state index contributed by atoms with van der Waals surface area (Å²) in [6, 6.07) is 18.5. The number of fused-ring (bicyclic) bond motifs is 1. The van der Waals surface area contributed by atoms with E-state index in [2.05, 4.69) is 20.9 Å². The van der Waals surface area contributed by atoms with Crippen molar-refractivity contribution in [1.82, 2.24) is 15.6 Å². The van der Waals surface area contributed by atoms with Gasteiger partial charge in [-0.05, 0) is 42.0 Å². The number of carbonyl (C=O) groups is 1. The molecule has 190 valence electrons. The van der Waals surface area contributed by atoms with Crippen LogP contribution < -0.4 is 25.4 Å². The van der Waals surface area contributed by atoms with Crippen LogP contribution in [-0.2, 0) is 6.42 Å². The molecule has 3 aromatic carbocycles. The Morgan fingerprint density at radius 2 is 1.86 bits per heavy atom. The molecule has 4 aromatic rings. The molecular weight excluding hydrogens is 495 g/mol. The van der Waals surface area contributed by atoms with Gasteiger partial charge >= 0.3 is 0 Å². The molecule has 0 aliphatic rings. The molecular formula is C27H25FN4O4S. The van der Waals surface area contributed by atoms with Crippen molar-refractivity contribution in [2.75, 3.05) is 19.5 Å². The van der Waals surface area contributed by atoms with Crippen LogP contribution in [0, 0.1) is 5.82 Å². The van der Waals surface area contributed by atoms with Crippen molar-refractivity contribution < 1.29 is 23.8 Å². The summed E-state index contributed by atoms with van der Waals surface area (Å²) in [6.07, 6.45) is 0.972. The first-order valence-electron chi connectivity index (χ1n) is 11.3. The van der Waals surface area contributed by atoms with Gasteiger partial charge in [0, 0.05) is 42.9 Å². The number of halogens is 1. The number of rotatable bonds is 8. The smallest absolute Gasteiger partial charge is 0.254 e. The van der Waals surface area contributed by atoms with Crippen molar-refractivity contribution in [2.45, 2.75) is 12.6 Å². The minimum atomic E-state index is -0.909. The highest BCUT2D eigenvalue weighted by Gasteiger charge is 2.17. The van der Waals surface area contributed by atoms with E-state index in [1.54, 1.807) is 24.3 Å². The summed E-state index contributed by atoms with van der Waals surface area (Å²) >= 11 is 5.24. The number of hydrogen-bond donors (Lipinski definition) is 4. The van der Waals surface area contributed by atoms with Gasteiger partial charge in [-0.2, -0.15) is 0 Å². The van der Waals surface area contributed by atoms with Crippen molar-refractivity contribution in [3.63, 3.8) is 0 Å². The van der Waals surface area contributed by atoms with Gasteiger partial charge in [-0.1, -0.05) is 30.3 Å². The van der Waals surface area contributed by atoms with Gasteiger partial charge in [0.25, 0.3) is 5.91 Å². The number of nitrogens with zero attached hydrogens (tertiary/aromatic N) is 1. The predicted octanol–water partition coefficient (Wildman–Crippen LogP) is 4.38. The average molecular weight is 521 g/mol. The Morgan fingerprint density at radius 1 is 1.08 bits per heavy atom. The second kappa shape index (κ2) is 11.6. The highest BCUT2D eigenvalue weighted by atomic mass is 32.1. The number of ether oxygens (including phenoxy) is 2. The fourth-order valence-corrected chi connectivity index (χ4v) is 3.96. The molecule has 0 aliphatic heterocycles. The number of methoxy groups -OCH3 is 1. The van der Waals surface area contributed by atoms with Crippen molar-refractivity contribution in [2.24, 2.45) is 0 Å². The average Bonchev–Trinajstić information content (AvgIpc) is 2.89. The first-order valence-corrected chi connectivity index (χ1v) is 11.7. The molecule has 1 heterocycles. The van der Waals surface area contributed by atoms with Crippen LogP contribution >= 0.6 is 12.2 Å². The van der Waals surface area contributed by atoms with Gasteiger partial charge in [-0.3, -0.25) is 9.78 Å². The number of pyridine rings is 1. The van der Waals surface area contributed by atoms with E-state index in [9.17, 15) is 14.3 Å². The zero-order chi connectivity index (χ0) is 26.4. The minimum Gasteiger partial charge on any atom is -0.496 e. The number of thiocarbonyl (C=S) groups is 1. The molecule has 1 amide bonds. The van der Waals surface area contributed by atoms with Crippen LogP contribution in [0.5, 0.6) is 17.2 Å². The number of aliphatic hydroxyl groups is 1. The number of aromatic nitrogens is 1. The normalized spacial score (nSPS) is 11.5. The van der Waals surface area contributed by atoms with Gasteiger partial charge in [-0.25, -0.2) is 4.39 Å². The Labute approximate surface area is 218 Å². The summed E-state index contributed by atoms with van der Waals surface area (Å²) in [5.41, 5.74) is 2.14. The zero-order valence-electron chi connectivity index (χ0n) is 20.1. The molecule has 0 radical (unpaired) electrons. The lowest BCUT2D eigenvalue weighted by Crippen LogP contribution is -2.38. The monoisotopic (exact) mass is 520 g/mol. The van der Waals surface area contributed by atoms with Gasteiger partial charge in [-0.15, -0.1) is 0 Å². The minimum absolute atomic E-state index is 0.0293. The van der Waals surface area contributed by atoms with Gasteiger partial charge < -0.3 is 30.5 Å². The summed E-state index contributed by atoms with van der Waals surface area (Å²) in [5.74, 6) is -0.329. The van der Waals surface area contributed by atoms with Gasteiger partial charge in [0.1, 0.15) is 17.7 Å². The van der Waals surface area contributed by atoms with Crippen molar-refractivity contribution in [3.8, 4) is 17.2 Å². The van der Waals surface area contributed by atoms with Crippen LogP contribution in [0.4, 0.5) is 10.1 Å². The summed E-state index contributed by atoms with van der Waals surface area (Å²) < 4.78 is 26.1. The van der Waals surface area contributed by atoms with Crippen LogP contribution in [0.15, 0.2) is 72.9 Å². The number of anilines is 1. The summed E-state index contributed by atoms with van der Waals surface area (Å²) in [6.45, 7) is 0. The fraction of sp³-hybridized carbons (Fsp3) is 0.148. The van der Waals surface area contributed by atoms with Crippen LogP contribution in [0.25, 0.3) is 10.9 Å². The largest absolute Gasteiger partial charge is 0.496 e. The summed E-state index contributed by atoms with van der Waals surface area (Å²) in [7, 11) is 2.98. The number of hydrogen-bond acceptors (Lipinski definition) is 6. The molecule has 4 N–H and O–H groups in total. The maximum Gasteiger partial charge on any atom is 0.254 e. The third-order valence-electron chi connectivity index (χ3n) is 5.47. The second-order valence-corrected chi connectivity index (χ2v) is 8.42. The Hall–Kier alpha value is -4.28. The lowest BCUT2D eigenvalue weighted by molar-refractivity contribution is 0.0960. The van der Waals surface area contributed by atoms with Crippen LogP contribution in [0.2, 0.25) is 0 Å². The zero-order valence-corrected chi connectivity index (χ0v) is 20.9. The number of aliphatic hydroxyl groups excluding tert-OH is 1. The SMILES string of the molecule is CNC(=O)c1cc2c(Oc3ccc(NC(=S)NC(O)Cc4ccccc4)cc3F)ccnc2cc1OC. The maximum absolute atomic E-state index is 14.9. The number of nitrogens with one attached hydrogen (secondary N) is 3. The molecule has 0 spiro atoms. The molecule has 37 heavy (non-hydrogen) atoms. The predicted molar refractivity (Wildman–Crippen MR) is 144 cm³/mol. The number of benzene rings is 3. The molecule has 1 unspecified atom stereocenters. The first kappa shape index (κ1) is 25.8. The van der Waals surface area contributed by atoms with Gasteiger partial charge in [0.2, 0.25) is 0 Å². The lowest BCUT2D eigenvalue weighted by atomic mass is 10.1. The van der Waals surface area contributed by atoms with E-state index in [0.717, 1.165) is 5.56 Å². The van der Waals surface area contributed by atoms with Crippen LogP contribution in [0.1, 0.15) is 15.9 Å². The quantitative estimate of drug-likeness (QED) is 0.200. The van der Waals surface area contributed by atoms with Gasteiger partial charge in [0.15, 0.2) is 16.7 Å². The van der Waals surface area contributed by atoms with Crippen molar-refractivity contribution in [3.05, 3.63) is 89.9 Å². The molecule has 4 rings (SSSR count). The Bertz CT molecular complexity index is 1440. The van der Waals surface area contributed by atoms with E-state index in [-0.39, 0.29) is 16.8 Å². The molecule has 0 saturated carbocycles. The van der Waals surface area contributed by atoms with Gasteiger partial charge in [0.05, 0.1) is 18.2 Å². The molecule has 10 heteroatoms. The molecule has 0 aliphatic carbocycles. The van der Waals surface area contributed by atoms with Crippen LogP contribution in [0.3, 0.4) is 0 Å². The number of amides is 1. The Balaban J connectivity index is 1.48. The molecule has 1 aromatic heterocycles. The second-order valence-electron chi connectivity index (χ2n) is 8.01. The van der Waals surface area contributed by atoms with E-state index < -0.39 is 12.0 Å². The molecule has 0 fully saturated rings. The summed E-state index contributed by atoms with van der Waals surface area (Å²) in [5, 5.41) is 19.1. The third kappa shape index (κ3) is 6.29. The number of carbonyl (C=O) groups excluding carboxylic acids is 1. The van der Waals surface area contributed by atoms with E-state index in [1.165, 1.54) is 32.5 Å². The Kier molecular flexibility index (Phi) is 8.11. The van der Waals surface area contributed by atoms with E-state index in [0.29, 0.717) is 40.1 Å². The van der Waals surface area contributed by atoms with Crippen molar-refractivity contribution >= 4 is 39.8 Å². The maximum atomic E-state index is 14.9. The molecule has 0 bridgehead atoms. The summed E-state index contributed by atoms with van der Waals surface area (Å²) in [4.78, 5) is 16.6. The molecule has 0 saturated heterocycles.